The molecule has 0 saturated carbocycles. The van der Waals surface area contributed by atoms with E-state index >= 15 is 0 Å². The minimum Gasteiger partial charge on any atom is -0.250 e. The summed E-state index contributed by atoms with van der Waals surface area (Å²) in [6, 6.07) is 17.9. The van der Waals surface area contributed by atoms with Crippen LogP contribution in [0.5, 0.6) is 0 Å². The van der Waals surface area contributed by atoms with Gasteiger partial charge in [0.15, 0.2) is 0 Å². The zero-order valence-corrected chi connectivity index (χ0v) is 12.8. The molecule has 2 aromatic carbocycles. The number of thioether (sulfide) groups is 1. The third-order valence-electron chi connectivity index (χ3n) is 3.11. The van der Waals surface area contributed by atoms with Crippen LogP contribution in [-0.4, -0.2) is 5.71 Å². The molecule has 0 radical (unpaired) electrons. The lowest BCUT2D eigenvalue weighted by molar-refractivity contribution is 1.17. The van der Waals surface area contributed by atoms with Crippen molar-refractivity contribution in [2.75, 3.05) is 0 Å². The van der Waals surface area contributed by atoms with Crippen LogP contribution in [0.3, 0.4) is 0 Å². The van der Waals surface area contributed by atoms with Gasteiger partial charge in [-0.3, -0.25) is 4.99 Å². The van der Waals surface area contributed by atoms with Crippen molar-refractivity contribution in [1.82, 2.24) is 0 Å². The van der Waals surface area contributed by atoms with Crippen LogP contribution < -0.4 is 0 Å². The summed E-state index contributed by atoms with van der Waals surface area (Å²) in [7, 11) is 0. The van der Waals surface area contributed by atoms with Crippen LogP contribution in [-0.2, 0) is 0 Å². The Labute approximate surface area is 128 Å². The number of hydrogen-bond acceptors (Lipinski definition) is 4. The van der Waals surface area contributed by atoms with Gasteiger partial charge < -0.3 is 0 Å². The summed E-state index contributed by atoms with van der Waals surface area (Å²) in [5.74, 6) is 0. The fraction of sp³-hybridized carbons (Fsp3) is 0.118. The molecule has 0 amide bonds. The Hall–Kier alpha value is -2.20. The molecule has 1 aliphatic rings. The third kappa shape index (κ3) is 3.11. The number of allylic oxidation sites excluding steroid dienone is 2. The van der Waals surface area contributed by atoms with Crippen molar-refractivity contribution in [3.05, 3.63) is 65.2 Å². The Morgan fingerprint density at radius 2 is 1.57 bits per heavy atom. The molecule has 1 heterocycles. The number of azo groups is 1. The summed E-state index contributed by atoms with van der Waals surface area (Å²) in [6.07, 6.45) is 0. The second-order valence-corrected chi connectivity index (χ2v) is 5.96. The fourth-order valence-corrected chi connectivity index (χ4v) is 3.06. The number of benzene rings is 2. The maximum absolute atomic E-state index is 4.67. The first-order valence-electron chi connectivity index (χ1n) is 6.74. The number of aliphatic imine (C=N–C) groups is 1. The second kappa shape index (κ2) is 6.06. The van der Waals surface area contributed by atoms with Gasteiger partial charge in [-0.05, 0) is 38.1 Å². The first-order valence-corrected chi connectivity index (χ1v) is 7.56. The summed E-state index contributed by atoms with van der Waals surface area (Å²) in [6.45, 7) is 4.04. The SMILES string of the molecule is CC1=Nc2ccccc2SC(C)=C1N=Nc1ccccc1. The van der Waals surface area contributed by atoms with Crippen LogP contribution in [0.2, 0.25) is 0 Å². The monoisotopic (exact) mass is 293 g/mol. The molecule has 0 fully saturated rings. The van der Waals surface area contributed by atoms with Gasteiger partial charge in [-0.1, -0.05) is 42.1 Å². The fourth-order valence-electron chi connectivity index (χ4n) is 2.08. The van der Waals surface area contributed by atoms with E-state index in [1.807, 2.05) is 55.5 Å². The summed E-state index contributed by atoms with van der Waals surface area (Å²) in [5, 5.41) is 8.72. The van der Waals surface area contributed by atoms with Crippen molar-refractivity contribution in [2.24, 2.45) is 15.2 Å². The molecule has 0 saturated heterocycles. The highest BCUT2D eigenvalue weighted by Gasteiger charge is 2.14. The van der Waals surface area contributed by atoms with Gasteiger partial charge in [-0.2, -0.15) is 5.11 Å². The summed E-state index contributed by atoms with van der Waals surface area (Å²) < 4.78 is 0. The van der Waals surface area contributed by atoms with Gasteiger partial charge in [-0.25, -0.2) is 0 Å². The first-order chi connectivity index (χ1) is 10.2. The summed E-state index contributed by atoms with van der Waals surface area (Å²) in [5.41, 5.74) is 3.58. The lowest BCUT2D eigenvalue weighted by Gasteiger charge is -2.02. The van der Waals surface area contributed by atoms with Gasteiger partial charge in [0.1, 0.15) is 5.70 Å². The molecule has 21 heavy (non-hydrogen) atoms. The van der Waals surface area contributed by atoms with Crippen molar-refractivity contribution in [3.63, 3.8) is 0 Å². The topological polar surface area (TPSA) is 37.1 Å². The van der Waals surface area contributed by atoms with Crippen molar-refractivity contribution < 1.29 is 0 Å². The largest absolute Gasteiger partial charge is 0.250 e. The van der Waals surface area contributed by atoms with Gasteiger partial charge >= 0.3 is 0 Å². The normalized spacial score (nSPS) is 14.9. The highest BCUT2D eigenvalue weighted by Crippen LogP contribution is 2.39. The molecule has 0 spiro atoms. The van der Waals surface area contributed by atoms with E-state index < -0.39 is 0 Å². The Bertz CT molecular complexity index is 746. The van der Waals surface area contributed by atoms with Crippen LogP contribution in [0.1, 0.15) is 13.8 Å². The van der Waals surface area contributed by atoms with E-state index in [0.29, 0.717) is 0 Å². The number of hydrogen-bond donors (Lipinski definition) is 0. The van der Waals surface area contributed by atoms with Crippen molar-refractivity contribution in [2.45, 2.75) is 18.7 Å². The van der Waals surface area contributed by atoms with Gasteiger partial charge in [0.05, 0.1) is 17.1 Å². The molecule has 104 valence electrons. The minimum absolute atomic E-state index is 0.845. The predicted molar refractivity (Wildman–Crippen MR) is 88.7 cm³/mol. The van der Waals surface area contributed by atoms with Crippen molar-refractivity contribution >= 4 is 28.8 Å². The van der Waals surface area contributed by atoms with Crippen LogP contribution >= 0.6 is 11.8 Å². The molecule has 0 aliphatic carbocycles. The summed E-state index contributed by atoms with van der Waals surface area (Å²) in [4.78, 5) is 6.93. The molecule has 0 aromatic heterocycles. The van der Waals surface area contributed by atoms with Gasteiger partial charge in [0.25, 0.3) is 0 Å². The molecule has 3 nitrogen and oxygen atoms in total. The Kier molecular flexibility index (Phi) is 3.97. The Morgan fingerprint density at radius 3 is 2.38 bits per heavy atom. The molecular weight excluding hydrogens is 278 g/mol. The van der Waals surface area contributed by atoms with E-state index in [0.717, 1.165) is 32.6 Å². The van der Waals surface area contributed by atoms with Crippen molar-refractivity contribution in [1.29, 1.82) is 0 Å². The molecule has 3 rings (SSSR count). The number of para-hydroxylation sites is 1. The number of fused-ring (bicyclic) bond motifs is 1. The maximum Gasteiger partial charge on any atom is 0.116 e. The van der Waals surface area contributed by atoms with E-state index in [4.69, 9.17) is 0 Å². The molecule has 2 aromatic rings. The van der Waals surface area contributed by atoms with Crippen LogP contribution in [0.25, 0.3) is 0 Å². The average Bonchev–Trinajstić information content (AvgIpc) is 2.62. The third-order valence-corrected chi connectivity index (χ3v) is 4.18. The van der Waals surface area contributed by atoms with Gasteiger partial charge in [0, 0.05) is 9.80 Å². The molecule has 0 atom stereocenters. The second-order valence-electron chi connectivity index (χ2n) is 4.71. The maximum atomic E-state index is 4.67. The van der Waals surface area contributed by atoms with E-state index in [1.165, 1.54) is 0 Å². The Balaban J connectivity index is 1.97. The Morgan fingerprint density at radius 1 is 0.857 bits per heavy atom. The zero-order chi connectivity index (χ0) is 14.7. The van der Waals surface area contributed by atoms with Crippen molar-refractivity contribution in [3.8, 4) is 0 Å². The lowest BCUT2D eigenvalue weighted by Crippen LogP contribution is -1.94. The van der Waals surface area contributed by atoms with E-state index in [9.17, 15) is 0 Å². The molecule has 0 N–H and O–H groups in total. The van der Waals surface area contributed by atoms with Crippen LogP contribution in [0.4, 0.5) is 11.4 Å². The quantitative estimate of drug-likeness (QED) is 0.635. The number of nitrogens with zero attached hydrogens (tertiary/aromatic N) is 3. The lowest BCUT2D eigenvalue weighted by atomic mass is 10.2. The summed E-state index contributed by atoms with van der Waals surface area (Å²) >= 11 is 1.69. The van der Waals surface area contributed by atoms with Crippen LogP contribution in [0, 0.1) is 0 Å². The minimum atomic E-state index is 0.845. The highest BCUT2D eigenvalue weighted by molar-refractivity contribution is 8.03. The van der Waals surface area contributed by atoms with Gasteiger partial charge in [-0.15, -0.1) is 5.11 Å². The predicted octanol–water partition coefficient (Wildman–Crippen LogP) is 5.90. The molecule has 0 unspecified atom stereocenters. The average molecular weight is 293 g/mol. The van der Waals surface area contributed by atoms with E-state index in [1.54, 1.807) is 11.8 Å². The molecule has 4 heteroatoms. The molecular formula is C17H15N3S. The van der Waals surface area contributed by atoms with E-state index in [-0.39, 0.29) is 0 Å². The van der Waals surface area contributed by atoms with E-state index in [2.05, 4.69) is 28.2 Å². The molecule has 1 aliphatic heterocycles. The molecule has 0 bridgehead atoms. The first kappa shape index (κ1) is 13.8. The zero-order valence-electron chi connectivity index (χ0n) is 11.9. The van der Waals surface area contributed by atoms with Crippen LogP contribution in [0.15, 0.2) is 85.3 Å². The standard InChI is InChI=1S/C17H15N3S/c1-12-17(20-19-14-8-4-3-5-9-14)13(2)21-16-11-7-6-10-15(16)18-12/h3-11H,1-2H3. The number of rotatable bonds is 2. The highest BCUT2D eigenvalue weighted by atomic mass is 32.2. The smallest absolute Gasteiger partial charge is 0.116 e. The van der Waals surface area contributed by atoms with Gasteiger partial charge in [0.2, 0.25) is 0 Å².